The average Bonchev–Trinajstić information content (AvgIpc) is 3.13. The highest BCUT2D eigenvalue weighted by Crippen LogP contribution is 2.29. The van der Waals surface area contributed by atoms with Crippen molar-refractivity contribution >= 4 is 17.5 Å². The Labute approximate surface area is 134 Å². The van der Waals surface area contributed by atoms with E-state index in [0.717, 1.165) is 12.8 Å². The first-order valence-corrected chi connectivity index (χ1v) is 8.03. The zero-order chi connectivity index (χ0) is 16.4. The minimum atomic E-state index is -0.797. The summed E-state index contributed by atoms with van der Waals surface area (Å²) in [6.07, 6.45) is 3.51. The average molecular weight is 320 g/mol. The number of carbonyl (C=O) groups excluding carboxylic acids is 2. The van der Waals surface area contributed by atoms with E-state index in [0.29, 0.717) is 18.5 Å². The smallest absolute Gasteiger partial charge is 0.227 e. The first-order chi connectivity index (χ1) is 11.0. The molecule has 2 aliphatic rings. The van der Waals surface area contributed by atoms with Gasteiger partial charge in [0.05, 0.1) is 11.5 Å². The summed E-state index contributed by atoms with van der Waals surface area (Å²) in [6.45, 7) is 0.530. The van der Waals surface area contributed by atoms with Crippen LogP contribution in [0.25, 0.3) is 0 Å². The Morgan fingerprint density at radius 1 is 1.30 bits per heavy atom. The molecular weight excluding hydrogens is 299 g/mol. The van der Waals surface area contributed by atoms with E-state index in [1.165, 1.54) is 29.2 Å². The van der Waals surface area contributed by atoms with Gasteiger partial charge in [0.25, 0.3) is 0 Å². The Hall–Kier alpha value is -1.95. The number of rotatable bonds is 4. The number of carbonyl (C=O) groups is 2. The number of anilines is 1. The summed E-state index contributed by atoms with van der Waals surface area (Å²) < 4.78 is 13.0. The molecule has 2 N–H and O–H groups in total. The topological polar surface area (TPSA) is 69.6 Å². The van der Waals surface area contributed by atoms with Crippen molar-refractivity contribution in [3.8, 4) is 0 Å². The molecule has 124 valence electrons. The van der Waals surface area contributed by atoms with Gasteiger partial charge in [0.1, 0.15) is 5.82 Å². The minimum Gasteiger partial charge on any atom is -0.388 e. The van der Waals surface area contributed by atoms with E-state index in [-0.39, 0.29) is 37.1 Å². The third-order valence-electron chi connectivity index (χ3n) is 4.76. The number of halogens is 1. The lowest BCUT2D eigenvalue weighted by atomic mass is 10.0. The molecule has 6 heteroatoms. The molecule has 0 unspecified atom stereocenters. The largest absolute Gasteiger partial charge is 0.388 e. The lowest BCUT2D eigenvalue weighted by Crippen LogP contribution is -2.43. The van der Waals surface area contributed by atoms with E-state index in [1.807, 2.05) is 0 Å². The maximum atomic E-state index is 13.0. The first kappa shape index (κ1) is 15.9. The fourth-order valence-electron chi connectivity index (χ4n) is 3.36. The standard InChI is InChI=1S/C17H21FN2O3/c18-13-3-5-14(6-4-13)20-10-12(9-15(20)21)16(22)19-11-17(23)7-1-2-8-17/h3-6,12,23H,1-2,7-11H2,(H,19,22)/t12-/m1/s1. The van der Waals surface area contributed by atoms with Crippen LogP contribution in [0.5, 0.6) is 0 Å². The Morgan fingerprint density at radius 2 is 1.96 bits per heavy atom. The van der Waals surface area contributed by atoms with Crippen LogP contribution in [0.3, 0.4) is 0 Å². The summed E-state index contributed by atoms with van der Waals surface area (Å²) in [6, 6.07) is 5.67. The number of nitrogens with zero attached hydrogens (tertiary/aromatic N) is 1. The molecule has 1 aromatic carbocycles. The van der Waals surface area contributed by atoms with Gasteiger partial charge in [-0.05, 0) is 37.1 Å². The van der Waals surface area contributed by atoms with E-state index in [1.54, 1.807) is 0 Å². The number of hydrogen-bond acceptors (Lipinski definition) is 3. The molecule has 0 aromatic heterocycles. The molecule has 1 heterocycles. The van der Waals surface area contributed by atoms with Gasteiger partial charge >= 0.3 is 0 Å². The molecule has 0 radical (unpaired) electrons. The SMILES string of the molecule is O=C(NCC1(O)CCCC1)[C@@H]1CC(=O)N(c2ccc(F)cc2)C1. The fourth-order valence-corrected chi connectivity index (χ4v) is 3.36. The van der Waals surface area contributed by atoms with Crippen LogP contribution >= 0.6 is 0 Å². The second kappa shape index (κ2) is 6.28. The number of benzene rings is 1. The zero-order valence-corrected chi connectivity index (χ0v) is 12.9. The number of amides is 2. The van der Waals surface area contributed by atoms with Gasteiger partial charge < -0.3 is 15.3 Å². The highest BCUT2D eigenvalue weighted by atomic mass is 19.1. The van der Waals surface area contributed by atoms with Crippen molar-refractivity contribution in [3.05, 3.63) is 30.1 Å². The summed E-state index contributed by atoms with van der Waals surface area (Å²) in [5.41, 5.74) is -0.198. The third kappa shape index (κ3) is 3.52. The van der Waals surface area contributed by atoms with Crippen LogP contribution < -0.4 is 10.2 Å². The minimum absolute atomic E-state index is 0.141. The van der Waals surface area contributed by atoms with Gasteiger partial charge in [0, 0.05) is 25.2 Å². The molecule has 1 atom stereocenters. The predicted molar refractivity (Wildman–Crippen MR) is 83.3 cm³/mol. The molecule has 1 saturated carbocycles. The summed E-state index contributed by atoms with van der Waals surface area (Å²) >= 11 is 0. The van der Waals surface area contributed by atoms with Crippen LogP contribution in [0.2, 0.25) is 0 Å². The van der Waals surface area contributed by atoms with E-state index in [4.69, 9.17) is 0 Å². The van der Waals surface area contributed by atoms with Gasteiger partial charge in [-0.3, -0.25) is 9.59 Å². The molecule has 0 bridgehead atoms. The Balaban J connectivity index is 1.58. The van der Waals surface area contributed by atoms with Gasteiger partial charge in [-0.2, -0.15) is 0 Å². The Morgan fingerprint density at radius 3 is 2.61 bits per heavy atom. The van der Waals surface area contributed by atoms with Crippen molar-refractivity contribution in [1.29, 1.82) is 0 Å². The maximum Gasteiger partial charge on any atom is 0.227 e. The monoisotopic (exact) mass is 320 g/mol. The van der Waals surface area contributed by atoms with E-state index in [2.05, 4.69) is 5.32 Å². The van der Waals surface area contributed by atoms with Crippen molar-refractivity contribution in [2.45, 2.75) is 37.7 Å². The van der Waals surface area contributed by atoms with E-state index < -0.39 is 11.5 Å². The molecule has 1 saturated heterocycles. The number of hydrogen-bond donors (Lipinski definition) is 2. The van der Waals surface area contributed by atoms with Crippen LogP contribution in [-0.4, -0.2) is 35.6 Å². The second-order valence-corrected chi connectivity index (χ2v) is 6.53. The molecular formula is C17H21FN2O3. The summed E-state index contributed by atoms with van der Waals surface area (Å²) in [5.74, 6) is -1.14. The van der Waals surface area contributed by atoms with Crippen molar-refractivity contribution < 1.29 is 19.1 Å². The molecule has 23 heavy (non-hydrogen) atoms. The summed E-state index contributed by atoms with van der Waals surface area (Å²) in [5, 5.41) is 13.0. The molecule has 1 aliphatic heterocycles. The van der Waals surface area contributed by atoms with Crippen LogP contribution in [0.4, 0.5) is 10.1 Å². The Bertz CT molecular complexity index is 596. The van der Waals surface area contributed by atoms with Gasteiger partial charge in [0.15, 0.2) is 0 Å². The van der Waals surface area contributed by atoms with Crippen molar-refractivity contribution in [1.82, 2.24) is 5.32 Å². The molecule has 2 fully saturated rings. The fraction of sp³-hybridized carbons (Fsp3) is 0.529. The van der Waals surface area contributed by atoms with Crippen molar-refractivity contribution in [3.63, 3.8) is 0 Å². The molecule has 5 nitrogen and oxygen atoms in total. The highest BCUT2D eigenvalue weighted by molar-refractivity contribution is 6.00. The first-order valence-electron chi connectivity index (χ1n) is 8.03. The summed E-state index contributed by atoms with van der Waals surface area (Å²) in [7, 11) is 0. The van der Waals surface area contributed by atoms with Crippen molar-refractivity contribution in [2.24, 2.45) is 5.92 Å². The van der Waals surface area contributed by atoms with Crippen molar-refractivity contribution in [2.75, 3.05) is 18.0 Å². The Kier molecular flexibility index (Phi) is 4.35. The highest BCUT2D eigenvalue weighted by Gasteiger charge is 2.37. The predicted octanol–water partition coefficient (Wildman–Crippen LogP) is 1.60. The lowest BCUT2D eigenvalue weighted by Gasteiger charge is -2.23. The van der Waals surface area contributed by atoms with Gasteiger partial charge in [-0.1, -0.05) is 12.8 Å². The van der Waals surface area contributed by atoms with Gasteiger partial charge in [-0.25, -0.2) is 4.39 Å². The normalized spacial score (nSPS) is 23.3. The van der Waals surface area contributed by atoms with Gasteiger partial charge in [0.2, 0.25) is 11.8 Å². The molecule has 3 rings (SSSR count). The molecule has 2 amide bonds. The zero-order valence-electron chi connectivity index (χ0n) is 12.9. The molecule has 0 spiro atoms. The van der Waals surface area contributed by atoms with E-state index >= 15 is 0 Å². The third-order valence-corrected chi connectivity index (χ3v) is 4.76. The van der Waals surface area contributed by atoms with Crippen LogP contribution in [0.15, 0.2) is 24.3 Å². The van der Waals surface area contributed by atoms with Crippen LogP contribution in [-0.2, 0) is 9.59 Å². The second-order valence-electron chi connectivity index (χ2n) is 6.53. The van der Waals surface area contributed by atoms with Crippen LogP contribution in [0, 0.1) is 11.7 Å². The van der Waals surface area contributed by atoms with E-state index in [9.17, 15) is 19.1 Å². The maximum absolute atomic E-state index is 13.0. The molecule has 1 aromatic rings. The number of aliphatic hydroxyl groups is 1. The van der Waals surface area contributed by atoms with Crippen LogP contribution in [0.1, 0.15) is 32.1 Å². The number of nitrogens with one attached hydrogen (secondary N) is 1. The molecule has 1 aliphatic carbocycles. The van der Waals surface area contributed by atoms with Gasteiger partial charge in [-0.15, -0.1) is 0 Å². The quantitative estimate of drug-likeness (QED) is 0.885. The lowest BCUT2D eigenvalue weighted by molar-refractivity contribution is -0.127. The summed E-state index contributed by atoms with van der Waals surface area (Å²) in [4.78, 5) is 25.9.